The van der Waals surface area contributed by atoms with Crippen LogP contribution in [0.1, 0.15) is 47.9 Å². The zero-order valence-electron chi connectivity index (χ0n) is 18.6. The van der Waals surface area contributed by atoms with Gasteiger partial charge in [0.1, 0.15) is 6.04 Å². The van der Waals surface area contributed by atoms with E-state index in [2.05, 4.69) is 16.0 Å². The molecule has 3 N–H and O–H groups in total. The van der Waals surface area contributed by atoms with Crippen molar-refractivity contribution in [3.63, 3.8) is 0 Å². The van der Waals surface area contributed by atoms with Crippen molar-refractivity contribution in [2.75, 3.05) is 25.1 Å². The lowest BCUT2D eigenvalue weighted by molar-refractivity contribution is -0.118. The molecule has 0 fully saturated rings. The van der Waals surface area contributed by atoms with E-state index in [0.717, 1.165) is 6.42 Å². The Balaban J connectivity index is 1.99. The highest BCUT2D eigenvalue weighted by atomic mass is 35.5. The van der Waals surface area contributed by atoms with E-state index in [9.17, 15) is 14.4 Å². The summed E-state index contributed by atoms with van der Waals surface area (Å²) in [6.07, 6.45) is 0.722. The minimum atomic E-state index is -0.755. The van der Waals surface area contributed by atoms with Crippen molar-refractivity contribution in [3.05, 3.63) is 64.7 Å². The summed E-state index contributed by atoms with van der Waals surface area (Å²) in [4.78, 5) is 37.8. The fourth-order valence-electron chi connectivity index (χ4n) is 2.94. The third-order valence-electron chi connectivity index (χ3n) is 4.69. The molecule has 8 heteroatoms. The van der Waals surface area contributed by atoms with Crippen LogP contribution in [-0.2, 0) is 9.53 Å². The SMILES string of the molecule is CCOCCCNC(=O)c1cccc(NC(=O)C(NC(=O)c2ccc(Cl)cc2)C(C)C)c1. The number of benzene rings is 2. The molecule has 0 radical (unpaired) electrons. The standard InChI is InChI=1S/C24H30ClN3O4/c1-4-32-14-6-13-26-22(29)18-7-5-8-20(15-18)27-24(31)21(16(2)3)28-23(30)17-9-11-19(25)12-10-17/h5,7-12,15-16,21H,4,6,13-14H2,1-3H3,(H,26,29)(H,27,31)(H,28,30). The Morgan fingerprint density at radius 1 is 1.00 bits per heavy atom. The maximum Gasteiger partial charge on any atom is 0.251 e. The van der Waals surface area contributed by atoms with Crippen LogP contribution < -0.4 is 16.0 Å². The van der Waals surface area contributed by atoms with Gasteiger partial charge >= 0.3 is 0 Å². The molecule has 32 heavy (non-hydrogen) atoms. The number of carbonyl (C=O) groups is 3. The van der Waals surface area contributed by atoms with E-state index in [1.165, 1.54) is 0 Å². The number of halogens is 1. The third kappa shape index (κ3) is 7.98. The number of rotatable bonds is 11. The van der Waals surface area contributed by atoms with E-state index < -0.39 is 6.04 Å². The van der Waals surface area contributed by atoms with Gasteiger partial charge in [-0.1, -0.05) is 31.5 Å². The van der Waals surface area contributed by atoms with Gasteiger partial charge in [-0.25, -0.2) is 0 Å². The number of ether oxygens (including phenoxy) is 1. The molecule has 0 aliphatic heterocycles. The Hall–Kier alpha value is -2.90. The first-order chi connectivity index (χ1) is 15.3. The molecule has 1 unspecified atom stereocenters. The number of anilines is 1. The zero-order valence-corrected chi connectivity index (χ0v) is 19.4. The first-order valence-electron chi connectivity index (χ1n) is 10.6. The van der Waals surface area contributed by atoms with Crippen molar-refractivity contribution >= 4 is 35.0 Å². The average molecular weight is 460 g/mol. The summed E-state index contributed by atoms with van der Waals surface area (Å²) in [6.45, 7) is 7.35. The van der Waals surface area contributed by atoms with Crippen molar-refractivity contribution in [2.24, 2.45) is 5.92 Å². The zero-order chi connectivity index (χ0) is 23.5. The molecule has 0 aliphatic rings. The van der Waals surface area contributed by atoms with Gasteiger partial charge in [-0.15, -0.1) is 0 Å². The first-order valence-corrected chi connectivity index (χ1v) is 11.0. The Morgan fingerprint density at radius 3 is 2.38 bits per heavy atom. The van der Waals surface area contributed by atoms with Crippen LogP contribution in [0.15, 0.2) is 48.5 Å². The summed E-state index contributed by atoms with van der Waals surface area (Å²) in [6, 6.07) is 12.4. The predicted molar refractivity (Wildman–Crippen MR) is 126 cm³/mol. The summed E-state index contributed by atoms with van der Waals surface area (Å²) >= 11 is 5.87. The van der Waals surface area contributed by atoms with Gasteiger partial charge in [0.2, 0.25) is 5.91 Å². The number of hydrogen-bond acceptors (Lipinski definition) is 4. The maximum absolute atomic E-state index is 12.9. The van der Waals surface area contributed by atoms with Gasteiger partial charge in [0.25, 0.3) is 11.8 Å². The predicted octanol–water partition coefficient (Wildman–Crippen LogP) is 3.89. The average Bonchev–Trinajstić information content (AvgIpc) is 2.77. The fourth-order valence-corrected chi connectivity index (χ4v) is 3.07. The maximum atomic E-state index is 12.9. The van der Waals surface area contributed by atoms with Crippen LogP contribution >= 0.6 is 11.6 Å². The second kappa shape index (κ2) is 12.8. The van der Waals surface area contributed by atoms with Gasteiger partial charge in [0.15, 0.2) is 0 Å². The lowest BCUT2D eigenvalue weighted by Crippen LogP contribution is -2.47. The molecule has 2 aromatic carbocycles. The molecular formula is C24H30ClN3O4. The van der Waals surface area contributed by atoms with Crippen molar-refractivity contribution < 1.29 is 19.1 Å². The van der Waals surface area contributed by atoms with Crippen LogP contribution in [0, 0.1) is 5.92 Å². The van der Waals surface area contributed by atoms with Crippen LogP contribution in [0.5, 0.6) is 0 Å². The van der Waals surface area contributed by atoms with E-state index in [4.69, 9.17) is 16.3 Å². The van der Waals surface area contributed by atoms with Crippen LogP contribution in [-0.4, -0.2) is 43.5 Å². The quantitative estimate of drug-likeness (QED) is 0.444. The molecule has 0 saturated heterocycles. The molecule has 0 aromatic heterocycles. The third-order valence-corrected chi connectivity index (χ3v) is 4.94. The van der Waals surface area contributed by atoms with Crippen molar-refractivity contribution in [1.29, 1.82) is 0 Å². The smallest absolute Gasteiger partial charge is 0.251 e. The lowest BCUT2D eigenvalue weighted by Gasteiger charge is -2.22. The molecule has 7 nitrogen and oxygen atoms in total. The number of nitrogens with one attached hydrogen (secondary N) is 3. The fraction of sp³-hybridized carbons (Fsp3) is 0.375. The van der Waals surface area contributed by atoms with Crippen LogP contribution in [0.25, 0.3) is 0 Å². The molecular weight excluding hydrogens is 430 g/mol. The van der Waals surface area contributed by atoms with E-state index in [1.807, 2.05) is 20.8 Å². The van der Waals surface area contributed by atoms with Gasteiger partial charge in [-0.05, 0) is 61.7 Å². The number of hydrogen-bond donors (Lipinski definition) is 3. The van der Waals surface area contributed by atoms with Crippen LogP contribution in [0.2, 0.25) is 5.02 Å². The largest absolute Gasteiger partial charge is 0.382 e. The van der Waals surface area contributed by atoms with Gasteiger partial charge < -0.3 is 20.7 Å². The Bertz CT molecular complexity index is 916. The molecule has 0 bridgehead atoms. The summed E-state index contributed by atoms with van der Waals surface area (Å²) < 4.78 is 5.25. The van der Waals surface area contributed by atoms with Crippen LogP contribution in [0.3, 0.4) is 0 Å². The first kappa shape index (κ1) is 25.4. The van der Waals surface area contributed by atoms with Crippen molar-refractivity contribution in [1.82, 2.24) is 10.6 Å². The highest BCUT2D eigenvalue weighted by Crippen LogP contribution is 2.14. The minimum Gasteiger partial charge on any atom is -0.382 e. The van der Waals surface area contributed by atoms with E-state index in [0.29, 0.717) is 41.6 Å². The molecule has 172 valence electrons. The summed E-state index contributed by atoms with van der Waals surface area (Å²) in [5, 5.41) is 8.92. The Kier molecular flexibility index (Phi) is 10.2. The number of carbonyl (C=O) groups excluding carboxylic acids is 3. The second-order valence-electron chi connectivity index (χ2n) is 7.58. The van der Waals surface area contributed by atoms with Crippen LogP contribution in [0.4, 0.5) is 5.69 Å². The van der Waals surface area contributed by atoms with Crippen molar-refractivity contribution in [3.8, 4) is 0 Å². The van der Waals surface area contributed by atoms with E-state index in [1.54, 1.807) is 48.5 Å². The van der Waals surface area contributed by atoms with Gasteiger partial charge in [-0.2, -0.15) is 0 Å². The van der Waals surface area contributed by atoms with Gasteiger partial charge in [0.05, 0.1) is 0 Å². The Morgan fingerprint density at radius 2 is 1.72 bits per heavy atom. The van der Waals surface area contributed by atoms with Gasteiger partial charge in [0, 0.05) is 41.6 Å². The van der Waals surface area contributed by atoms with Gasteiger partial charge in [-0.3, -0.25) is 14.4 Å². The van der Waals surface area contributed by atoms with Crippen molar-refractivity contribution in [2.45, 2.75) is 33.2 Å². The number of amides is 3. The Labute approximate surface area is 193 Å². The second-order valence-corrected chi connectivity index (χ2v) is 8.01. The topological polar surface area (TPSA) is 96.5 Å². The summed E-state index contributed by atoms with van der Waals surface area (Å²) in [7, 11) is 0. The molecule has 2 rings (SSSR count). The molecule has 0 aliphatic carbocycles. The highest BCUT2D eigenvalue weighted by molar-refractivity contribution is 6.30. The highest BCUT2D eigenvalue weighted by Gasteiger charge is 2.25. The molecule has 3 amide bonds. The lowest BCUT2D eigenvalue weighted by atomic mass is 10.0. The minimum absolute atomic E-state index is 0.150. The molecule has 1 atom stereocenters. The van der Waals surface area contributed by atoms with E-state index in [-0.39, 0.29) is 23.6 Å². The molecule has 0 spiro atoms. The summed E-state index contributed by atoms with van der Waals surface area (Å²) in [5.41, 5.74) is 1.32. The molecule has 2 aromatic rings. The molecule has 0 heterocycles. The summed E-state index contributed by atoms with van der Waals surface area (Å²) in [5.74, 6) is -1.11. The molecule has 0 saturated carbocycles. The monoisotopic (exact) mass is 459 g/mol. The normalized spacial score (nSPS) is 11.7. The van der Waals surface area contributed by atoms with E-state index >= 15 is 0 Å².